The SMILES string of the molecule is COCNCc1ccc(-c2scnc2C)cc1. The normalized spacial score (nSPS) is 10.7. The van der Waals surface area contributed by atoms with Crippen LogP contribution in [-0.4, -0.2) is 18.8 Å². The van der Waals surface area contributed by atoms with Crippen molar-refractivity contribution in [1.82, 2.24) is 10.3 Å². The molecule has 0 radical (unpaired) electrons. The first-order valence-electron chi connectivity index (χ1n) is 5.50. The van der Waals surface area contributed by atoms with E-state index in [9.17, 15) is 0 Å². The standard InChI is InChI=1S/C13H16N2OS/c1-10-13(17-9-15-10)12-5-3-11(4-6-12)7-14-8-16-2/h3-6,9,14H,7-8H2,1-2H3. The molecule has 0 saturated carbocycles. The molecule has 0 amide bonds. The van der Waals surface area contributed by atoms with Crippen molar-refractivity contribution >= 4 is 11.3 Å². The molecule has 0 aliphatic carbocycles. The van der Waals surface area contributed by atoms with Gasteiger partial charge in [0, 0.05) is 13.7 Å². The Morgan fingerprint density at radius 1 is 1.29 bits per heavy atom. The van der Waals surface area contributed by atoms with Crippen molar-refractivity contribution in [3.05, 3.63) is 41.0 Å². The van der Waals surface area contributed by atoms with E-state index in [-0.39, 0.29) is 0 Å². The number of rotatable bonds is 5. The second-order valence-electron chi connectivity index (χ2n) is 3.82. The van der Waals surface area contributed by atoms with Crippen molar-refractivity contribution in [2.75, 3.05) is 13.8 Å². The molecule has 0 atom stereocenters. The molecule has 0 spiro atoms. The van der Waals surface area contributed by atoms with Gasteiger partial charge in [-0.3, -0.25) is 5.32 Å². The maximum Gasteiger partial charge on any atom is 0.0964 e. The highest BCUT2D eigenvalue weighted by molar-refractivity contribution is 7.13. The van der Waals surface area contributed by atoms with Gasteiger partial charge in [-0.1, -0.05) is 24.3 Å². The second-order valence-corrected chi connectivity index (χ2v) is 4.68. The minimum absolute atomic E-state index is 0.579. The van der Waals surface area contributed by atoms with Gasteiger partial charge in [0.1, 0.15) is 0 Å². The highest BCUT2D eigenvalue weighted by atomic mass is 32.1. The average molecular weight is 248 g/mol. The van der Waals surface area contributed by atoms with Crippen LogP contribution in [0.2, 0.25) is 0 Å². The fourth-order valence-corrected chi connectivity index (χ4v) is 2.46. The molecule has 0 bridgehead atoms. The van der Waals surface area contributed by atoms with Gasteiger partial charge in [-0.25, -0.2) is 4.98 Å². The Morgan fingerprint density at radius 2 is 2.06 bits per heavy atom. The molecule has 0 aliphatic rings. The van der Waals surface area contributed by atoms with Crippen LogP contribution in [0, 0.1) is 6.92 Å². The maximum absolute atomic E-state index is 4.94. The first kappa shape index (κ1) is 12.2. The predicted molar refractivity (Wildman–Crippen MR) is 71.0 cm³/mol. The average Bonchev–Trinajstić information content (AvgIpc) is 2.77. The highest BCUT2D eigenvalue weighted by Gasteiger charge is 2.04. The lowest BCUT2D eigenvalue weighted by atomic mass is 10.1. The fourth-order valence-electron chi connectivity index (χ4n) is 1.65. The van der Waals surface area contributed by atoms with Crippen LogP contribution in [0.25, 0.3) is 10.4 Å². The summed E-state index contributed by atoms with van der Waals surface area (Å²) in [5, 5.41) is 3.18. The highest BCUT2D eigenvalue weighted by Crippen LogP contribution is 2.27. The molecule has 0 unspecified atom stereocenters. The van der Waals surface area contributed by atoms with Gasteiger partial charge < -0.3 is 4.74 Å². The summed E-state index contributed by atoms with van der Waals surface area (Å²) in [4.78, 5) is 5.52. The lowest BCUT2D eigenvalue weighted by Gasteiger charge is -2.05. The Kier molecular flexibility index (Phi) is 4.25. The molecule has 1 heterocycles. The van der Waals surface area contributed by atoms with Crippen molar-refractivity contribution in [1.29, 1.82) is 0 Å². The minimum atomic E-state index is 0.579. The smallest absolute Gasteiger partial charge is 0.0964 e. The van der Waals surface area contributed by atoms with E-state index >= 15 is 0 Å². The van der Waals surface area contributed by atoms with Gasteiger partial charge in [-0.05, 0) is 18.1 Å². The van der Waals surface area contributed by atoms with Gasteiger partial charge in [-0.15, -0.1) is 11.3 Å². The summed E-state index contributed by atoms with van der Waals surface area (Å²) in [6, 6.07) is 8.56. The molecule has 4 heteroatoms. The molecule has 1 aromatic heterocycles. The number of nitrogens with zero attached hydrogens (tertiary/aromatic N) is 1. The summed E-state index contributed by atoms with van der Waals surface area (Å²) in [6.45, 7) is 3.45. The number of aryl methyl sites for hydroxylation is 1. The molecule has 0 fully saturated rings. The monoisotopic (exact) mass is 248 g/mol. The number of benzene rings is 1. The minimum Gasteiger partial charge on any atom is -0.370 e. The van der Waals surface area contributed by atoms with Crippen LogP contribution in [-0.2, 0) is 11.3 Å². The summed E-state index contributed by atoms with van der Waals surface area (Å²) in [5.74, 6) is 0. The lowest BCUT2D eigenvalue weighted by molar-refractivity contribution is 0.174. The van der Waals surface area contributed by atoms with Crippen LogP contribution in [0.3, 0.4) is 0 Å². The molecule has 0 aliphatic heterocycles. The van der Waals surface area contributed by atoms with E-state index in [2.05, 4.69) is 34.6 Å². The largest absolute Gasteiger partial charge is 0.370 e. The summed E-state index contributed by atoms with van der Waals surface area (Å²) in [5.41, 5.74) is 5.48. The van der Waals surface area contributed by atoms with E-state index < -0.39 is 0 Å². The number of hydrogen-bond acceptors (Lipinski definition) is 4. The Morgan fingerprint density at radius 3 is 2.65 bits per heavy atom. The van der Waals surface area contributed by atoms with Gasteiger partial charge >= 0.3 is 0 Å². The number of hydrogen-bond donors (Lipinski definition) is 1. The van der Waals surface area contributed by atoms with Gasteiger partial charge in [0.2, 0.25) is 0 Å². The molecule has 1 N–H and O–H groups in total. The van der Waals surface area contributed by atoms with Crippen LogP contribution < -0.4 is 5.32 Å². The van der Waals surface area contributed by atoms with E-state index in [1.807, 2.05) is 12.4 Å². The van der Waals surface area contributed by atoms with Crippen molar-refractivity contribution in [3.8, 4) is 10.4 Å². The topological polar surface area (TPSA) is 34.1 Å². The van der Waals surface area contributed by atoms with E-state index in [1.165, 1.54) is 16.0 Å². The summed E-state index contributed by atoms with van der Waals surface area (Å²) in [7, 11) is 1.68. The van der Waals surface area contributed by atoms with E-state index in [1.54, 1.807) is 18.4 Å². The van der Waals surface area contributed by atoms with Crippen LogP contribution in [0.1, 0.15) is 11.3 Å². The van der Waals surface area contributed by atoms with Gasteiger partial charge in [0.25, 0.3) is 0 Å². The van der Waals surface area contributed by atoms with Crippen molar-refractivity contribution in [2.24, 2.45) is 0 Å². The molecule has 2 aromatic rings. The molecule has 2 rings (SSSR count). The van der Waals surface area contributed by atoms with Crippen molar-refractivity contribution < 1.29 is 4.74 Å². The first-order valence-corrected chi connectivity index (χ1v) is 6.38. The second kappa shape index (κ2) is 5.91. The number of nitrogens with one attached hydrogen (secondary N) is 1. The zero-order chi connectivity index (χ0) is 12.1. The van der Waals surface area contributed by atoms with Crippen molar-refractivity contribution in [3.63, 3.8) is 0 Å². The van der Waals surface area contributed by atoms with E-state index in [4.69, 9.17) is 4.74 Å². The molecule has 0 saturated heterocycles. The van der Waals surface area contributed by atoms with E-state index in [0.717, 1.165) is 12.2 Å². The zero-order valence-electron chi connectivity index (χ0n) is 10.1. The molecule has 1 aromatic carbocycles. The summed E-state index contributed by atoms with van der Waals surface area (Å²) < 4.78 is 4.94. The number of ether oxygens (including phenoxy) is 1. The van der Waals surface area contributed by atoms with Gasteiger partial charge in [0.05, 0.1) is 22.8 Å². The molecular formula is C13H16N2OS. The Labute approximate surface area is 105 Å². The molecule has 3 nitrogen and oxygen atoms in total. The zero-order valence-corrected chi connectivity index (χ0v) is 10.9. The first-order chi connectivity index (χ1) is 8.31. The van der Waals surface area contributed by atoms with Gasteiger partial charge in [0.15, 0.2) is 0 Å². The van der Waals surface area contributed by atoms with Crippen LogP contribution >= 0.6 is 11.3 Å². The Balaban J connectivity index is 2.06. The van der Waals surface area contributed by atoms with Crippen molar-refractivity contribution in [2.45, 2.75) is 13.5 Å². The molecule has 90 valence electrons. The third-order valence-corrected chi connectivity index (χ3v) is 3.51. The van der Waals surface area contributed by atoms with Crippen LogP contribution in [0.4, 0.5) is 0 Å². The fraction of sp³-hybridized carbons (Fsp3) is 0.308. The summed E-state index contributed by atoms with van der Waals surface area (Å²) >= 11 is 1.68. The molecule has 17 heavy (non-hydrogen) atoms. The quantitative estimate of drug-likeness (QED) is 0.652. The summed E-state index contributed by atoms with van der Waals surface area (Å²) in [6.07, 6.45) is 0. The lowest BCUT2D eigenvalue weighted by Crippen LogP contribution is -2.15. The predicted octanol–water partition coefficient (Wildman–Crippen LogP) is 2.81. The number of aromatic nitrogens is 1. The van der Waals surface area contributed by atoms with Crippen LogP contribution in [0.15, 0.2) is 29.8 Å². The Hall–Kier alpha value is -1.23. The number of thiazole rings is 1. The van der Waals surface area contributed by atoms with Crippen LogP contribution in [0.5, 0.6) is 0 Å². The molecular weight excluding hydrogens is 232 g/mol. The number of methoxy groups -OCH3 is 1. The van der Waals surface area contributed by atoms with Gasteiger partial charge in [-0.2, -0.15) is 0 Å². The third-order valence-electron chi connectivity index (χ3n) is 2.54. The van der Waals surface area contributed by atoms with E-state index in [0.29, 0.717) is 6.73 Å². The maximum atomic E-state index is 4.94. The third kappa shape index (κ3) is 3.12. The Bertz CT molecular complexity index is 465.